The van der Waals surface area contributed by atoms with Crippen LogP contribution in [-0.4, -0.2) is 27.9 Å². The van der Waals surface area contributed by atoms with Gasteiger partial charge in [0.05, 0.1) is 11.3 Å². The normalized spacial score (nSPS) is 13.6. The number of aromatic nitrogens is 2. The molecule has 1 saturated carbocycles. The second kappa shape index (κ2) is 9.61. The van der Waals surface area contributed by atoms with Crippen LogP contribution >= 0.6 is 0 Å². The van der Waals surface area contributed by atoms with E-state index >= 15 is 0 Å². The standard InChI is InChI=1S/C24H21F3N4O4/c1-13-19(8-9-20(30-13)34-17-6-3-7-17)35-23-18(11-15(12-29-23)24(25,26)27)22(33)31-16-5-2-4-14(10-16)21(28)32/h2,4-5,8-12,17H,3,6-7H2,1H3,(H2,28,32)(H,31,33). The van der Waals surface area contributed by atoms with Gasteiger partial charge >= 0.3 is 6.18 Å². The third-order valence-electron chi connectivity index (χ3n) is 5.39. The van der Waals surface area contributed by atoms with Crippen molar-refractivity contribution in [3.05, 3.63) is 71.0 Å². The second-order valence-electron chi connectivity index (χ2n) is 7.98. The van der Waals surface area contributed by atoms with Gasteiger partial charge in [-0.1, -0.05) is 6.07 Å². The Kier molecular flexibility index (Phi) is 6.59. The summed E-state index contributed by atoms with van der Waals surface area (Å²) in [4.78, 5) is 32.4. The Morgan fingerprint density at radius 2 is 1.91 bits per heavy atom. The minimum atomic E-state index is -4.73. The third kappa shape index (κ3) is 5.68. The van der Waals surface area contributed by atoms with E-state index in [1.165, 1.54) is 24.3 Å². The number of benzene rings is 1. The largest absolute Gasteiger partial charge is 0.474 e. The van der Waals surface area contributed by atoms with Crippen molar-refractivity contribution in [2.24, 2.45) is 5.73 Å². The van der Waals surface area contributed by atoms with Crippen LogP contribution in [0.1, 0.15) is 51.2 Å². The fraction of sp³-hybridized carbons (Fsp3) is 0.250. The van der Waals surface area contributed by atoms with Gasteiger partial charge in [-0.05, 0) is 56.5 Å². The highest BCUT2D eigenvalue weighted by atomic mass is 19.4. The molecule has 1 fully saturated rings. The molecule has 0 bridgehead atoms. The summed E-state index contributed by atoms with van der Waals surface area (Å²) in [7, 11) is 0. The molecule has 2 heterocycles. The maximum atomic E-state index is 13.3. The molecule has 0 unspecified atom stereocenters. The number of carbonyl (C=O) groups excluding carboxylic acids is 2. The number of halogens is 3. The van der Waals surface area contributed by atoms with E-state index in [-0.39, 0.29) is 29.0 Å². The Hall–Kier alpha value is -4.15. The van der Waals surface area contributed by atoms with Crippen molar-refractivity contribution < 1.29 is 32.2 Å². The molecule has 11 heteroatoms. The molecule has 182 valence electrons. The predicted octanol–water partition coefficient (Wildman–Crippen LogP) is 4.88. The summed E-state index contributed by atoms with van der Waals surface area (Å²) in [5, 5.41) is 2.45. The van der Waals surface area contributed by atoms with Crippen LogP contribution < -0.4 is 20.5 Å². The first kappa shape index (κ1) is 24.0. The fourth-order valence-electron chi connectivity index (χ4n) is 3.26. The van der Waals surface area contributed by atoms with Gasteiger partial charge in [-0.15, -0.1) is 0 Å². The van der Waals surface area contributed by atoms with Crippen LogP contribution in [0.4, 0.5) is 18.9 Å². The van der Waals surface area contributed by atoms with Gasteiger partial charge in [-0.25, -0.2) is 9.97 Å². The number of rotatable bonds is 7. The Balaban J connectivity index is 1.62. The number of nitrogens with one attached hydrogen (secondary N) is 1. The monoisotopic (exact) mass is 486 g/mol. The van der Waals surface area contributed by atoms with E-state index in [2.05, 4.69) is 15.3 Å². The third-order valence-corrected chi connectivity index (χ3v) is 5.39. The molecule has 2 aromatic heterocycles. The zero-order valence-electron chi connectivity index (χ0n) is 18.6. The lowest BCUT2D eigenvalue weighted by Gasteiger charge is -2.25. The highest BCUT2D eigenvalue weighted by Gasteiger charge is 2.33. The van der Waals surface area contributed by atoms with Crippen LogP contribution in [0, 0.1) is 6.92 Å². The number of pyridine rings is 2. The lowest BCUT2D eigenvalue weighted by Crippen LogP contribution is -2.25. The summed E-state index contributed by atoms with van der Waals surface area (Å²) in [6.45, 7) is 1.64. The van der Waals surface area contributed by atoms with Crippen molar-refractivity contribution >= 4 is 17.5 Å². The number of hydrogen-bond donors (Lipinski definition) is 2. The summed E-state index contributed by atoms with van der Waals surface area (Å²) >= 11 is 0. The number of hydrogen-bond acceptors (Lipinski definition) is 6. The van der Waals surface area contributed by atoms with E-state index in [0.717, 1.165) is 19.3 Å². The molecular formula is C24H21F3N4O4. The molecule has 3 aromatic rings. The zero-order valence-corrected chi connectivity index (χ0v) is 18.6. The topological polar surface area (TPSA) is 116 Å². The number of alkyl halides is 3. The van der Waals surface area contributed by atoms with E-state index in [4.69, 9.17) is 15.2 Å². The van der Waals surface area contributed by atoms with E-state index in [0.29, 0.717) is 23.8 Å². The lowest BCUT2D eigenvalue weighted by molar-refractivity contribution is -0.137. The summed E-state index contributed by atoms with van der Waals surface area (Å²) in [6.07, 6.45) is -1.03. The Bertz CT molecular complexity index is 1280. The van der Waals surface area contributed by atoms with Crippen LogP contribution in [0.25, 0.3) is 0 Å². The number of nitrogens with zero attached hydrogens (tertiary/aromatic N) is 2. The van der Waals surface area contributed by atoms with Crippen LogP contribution in [0.5, 0.6) is 17.5 Å². The fourth-order valence-corrected chi connectivity index (χ4v) is 3.26. The van der Waals surface area contributed by atoms with Crippen molar-refractivity contribution in [1.82, 2.24) is 9.97 Å². The van der Waals surface area contributed by atoms with Crippen LogP contribution in [0.3, 0.4) is 0 Å². The van der Waals surface area contributed by atoms with Gasteiger partial charge in [0.25, 0.3) is 5.91 Å². The number of amides is 2. The van der Waals surface area contributed by atoms with Crippen molar-refractivity contribution in [1.29, 1.82) is 0 Å². The Labute approximate surface area is 198 Å². The van der Waals surface area contributed by atoms with Gasteiger partial charge < -0.3 is 20.5 Å². The minimum absolute atomic E-state index is 0.118. The van der Waals surface area contributed by atoms with Crippen LogP contribution in [0.2, 0.25) is 0 Å². The first-order valence-electron chi connectivity index (χ1n) is 10.7. The van der Waals surface area contributed by atoms with E-state index in [1.807, 2.05) is 0 Å². The van der Waals surface area contributed by atoms with Gasteiger partial charge in [-0.2, -0.15) is 13.2 Å². The lowest BCUT2D eigenvalue weighted by atomic mass is 9.96. The molecule has 0 aliphatic heterocycles. The summed E-state index contributed by atoms with van der Waals surface area (Å²) in [6, 6.07) is 9.45. The van der Waals surface area contributed by atoms with E-state index < -0.39 is 29.1 Å². The number of ether oxygens (including phenoxy) is 2. The van der Waals surface area contributed by atoms with E-state index in [9.17, 15) is 22.8 Å². The minimum Gasteiger partial charge on any atom is -0.474 e. The smallest absolute Gasteiger partial charge is 0.417 e. The molecule has 0 spiro atoms. The number of anilines is 1. The molecule has 0 saturated heterocycles. The number of aryl methyl sites for hydroxylation is 1. The quantitative estimate of drug-likeness (QED) is 0.492. The average Bonchev–Trinajstić information content (AvgIpc) is 2.77. The summed E-state index contributed by atoms with van der Waals surface area (Å²) < 4.78 is 51.4. The maximum Gasteiger partial charge on any atom is 0.417 e. The molecule has 3 N–H and O–H groups in total. The van der Waals surface area contributed by atoms with E-state index in [1.54, 1.807) is 19.1 Å². The van der Waals surface area contributed by atoms with Crippen molar-refractivity contribution in [3.63, 3.8) is 0 Å². The highest BCUT2D eigenvalue weighted by Crippen LogP contribution is 2.34. The van der Waals surface area contributed by atoms with Crippen LogP contribution in [-0.2, 0) is 6.18 Å². The average molecular weight is 486 g/mol. The highest BCUT2D eigenvalue weighted by molar-refractivity contribution is 6.06. The number of carbonyl (C=O) groups is 2. The van der Waals surface area contributed by atoms with Gasteiger partial charge in [0.15, 0.2) is 5.75 Å². The molecule has 1 aromatic carbocycles. The molecule has 1 aliphatic carbocycles. The van der Waals surface area contributed by atoms with Gasteiger partial charge in [-0.3, -0.25) is 9.59 Å². The van der Waals surface area contributed by atoms with Crippen molar-refractivity contribution in [3.8, 4) is 17.5 Å². The van der Waals surface area contributed by atoms with Gasteiger partial charge in [0.1, 0.15) is 11.7 Å². The Morgan fingerprint density at radius 3 is 2.54 bits per heavy atom. The molecule has 2 amide bonds. The van der Waals surface area contributed by atoms with Crippen LogP contribution in [0.15, 0.2) is 48.7 Å². The van der Waals surface area contributed by atoms with Crippen molar-refractivity contribution in [2.45, 2.75) is 38.5 Å². The van der Waals surface area contributed by atoms with Gasteiger partial charge in [0.2, 0.25) is 17.7 Å². The molecule has 0 atom stereocenters. The first-order valence-corrected chi connectivity index (χ1v) is 10.7. The maximum absolute atomic E-state index is 13.3. The SMILES string of the molecule is Cc1nc(OC2CCC2)ccc1Oc1ncc(C(F)(F)F)cc1C(=O)Nc1cccc(C(N)=O)c1. The summed E-state index contributed by atoms with van der Waals surface area (Å²) in [5.74, 6) is -1.39. The summed E-state index contributed by atoms with van der Waals surface area (Å²) in [5.41, 5.74) is 4.34. The molecule has 8 nitrogen and oxygen atoms in total. The van der Waals surface area contributed by atoms with Crippen molar-refractivity contribution in [2.75, 3.05) is 5.32 Å². The molecule has 1 aliphatic rings. The predicted molar refractivity (Wildman–Crippen MR) is 119 cm³/mol. The first-order chi connectivity index (χ1) is 16.6. The number of primary amides is 1. The second-order valence-corrected chi connectivity index (χ2v) is 7.98. The molecule has 4 rings (SSSR count). The molecular weight excluding hydrogens is 465 g/mol. The van der Waals surface area contributed by atoms with Gasteiger partial charge in [0, 0.05) is 23.5 Å². The molecule has 0 radical (unpaired) electrons. The zero-order chi connectivity index (χ0) is 25.2. The Morgan fingerprint density at radius 1 is 1.14 bits per heavy atom. The molecule has 35 heavy (non-hydrogen) atoms. The number of nitrogens with two attached hydrogens (primary N) is 1.